The number of nitrogens with zero attached hydrogens (tertiary/aromatic N) is 1. The summed E-state index contributed by atoms with van der Waals surface area (Å²) in [6.45, 7) is 0. The van der Waals surface area contributed by atoms with Crippen LogP contribution >= 0.6 is 0 Å². The lowest BCUT2D eigenvalue weighted by molar-refractivity contribution is -0.137. The molecule has 0 bridgehead atoms. The van der Waals surface area contributed by atoms with E-state index in [2.05, 4.69) is 0 Å². The van der Waals surface area contributed by atoms with Crippen LogP contribution in [0.4, 0.5) is 4.79 Å². The Morgan fingerprint density at radius 3 is 2.36 bits per heavy atom. The van der Waals surface area contributed by atoms with Gasteiger partial charge >= 0.3 is 6.03 Å². The van der Waals surface area contributed by atoms with Gasteiger partial charge < -0.3 is 15.6 Å². The Morgan fingerprint density at radius 2 is 1.64 bits per heavy atom. The molecule has 0 radical (unpaired) electrons. The number of carbonyl (C=O) groups excluding carboxylic acids is 5. The Morgan fingerprint density at radius 1 is 0.915 bits per heavy atom. The first kappa shape index (κ1) is 28.9. The molecule has 2 heterocycles. The van der Waals surface area contributed by atoms with Crippen LogP contribution in [-0.4, -0.2) is 39.4 Å². The van der Waals surface area contributed by atoms with Crippen molar-refractivity contribution in [1.29, 1.82) is 0 Å². The van der Waals surface area contributed by atoms with E-state index in [1.807, 2.05) is 54.6 Å². The van der Waals surface area contributed by atoms with Crippen molar-refractivity contribution in [2.45, 2.75) is 24.7 Å². The van der Waals surface area contributed by atoms with Crippen LogP contribution in [0, 0.1) is 29.6 Å². The van der Waals surface area contributed by atoms with Gasteiger partial charge in [0.15, 0.2) is 11.6 Å². The molecule has 0 aromatic heterocycles. The molecule has 2 fully saturated rings. The smallest absolute Gasteiger partial charge is 0.328 e. The number of rotatable bonds is 3. The third kappa shape index (κ3) is 4.05. The van der Waals surface area contributed by atoms with E-state index >= 15 is 4.79 Å². The number of allylic oxidation sites excluding steroid dienone is 5. The largest absolute Gasteiger partial charge is 0.508 e. The predicted octanol–water partition coefficient (Wildman–Crippen LogP) is 4.65. The van der Waals surface area contributed by atoms with Crippen LogP contribution in [-0.2, 0) is 31.0 Å². The standard InChI is InChI=1S/C38H30N2O7/c39-37(46)40-35(44)26-13-12-25-28(32(26)36(40)45)17-29-34(43)27(20-7-3-1-4-8-20)18-31(42)38(29,23-9-5-2-6-10-23)33(25)22-15-21-16-24(41)11-14-30(21)47-19-22/h1-12,14,16,18-19,26,28-29,32-33,41H,13,15,17H2,(H2,39,46). The molecule has 3 aliphatic carbocycles. The van der Waals surface area contributed by atoms with Crippen molar-refractivity contribution in [1.82, 2.24) is 4.90 Å². The van der Waals surface area contributed by atoms with Crippen LogP contribution in [0.2, 0.25) is 0 Å². The number of primary amides is 1. The summed E-state index contributed by atoms with van der Waals surface area (Å²) in [6.07, 6.45) is 5.60. The number of Topliss-reactive ketones (excluding diaryl/α,β-unsaturated/α-hetero) is 1. The van der Waals surface area contributed by atoms with E-state index in [4.69, 9.17) is 10.5 Å². The second-order valence-corrected chi connectivity index (χ2v) is 12.9. The van der Waals surface area contributed by atoms with Gasteiger partial charge in [-0.1, -0.05) is 72.3 Å². The van der Waals surface area contributed by atoms with Gasteiger partial charge in [0, 0.05) is 29.4 Å². The number of urea groups is 1. The maximum absolute atomic E-state index is 15.0. The molecular weight excluding hydrogens is 596 g/mol. The van der Waals surface area contributed by atoms with Crippen LogP contribution in [0.5, 0.6) is 11.5 Å². The molecule has 3 aromatic carbocycles. The van der Waals surface area contributed by atoms with Crippen molar-refractivity contribution in [2.24, 2.45) is 35.3 Å². The van der Waals surface area contributed by atoms with Crippen LogP contribution in [0.25, 0.3) is 5.57 Å². The molecule has 8 rings (SSSR count). The van der Waals surface area contributed by atoms with Gasteiger partial charge in [0.2, 0.25) is 11.8 Å². The van der Waals surface area contributed by atoms with Crippen LogP contribution in [0.1, 0.15) is 29.5 Å². The number of ketones is 2. The third-order valence-electron chi connectivity index (χ3n) is 10.7. The molecule has 1 saturated heterocycles. The van der Waals surface area contributed by atoms with Gasteiger partial charge in [-0.05, 0) is 59.7 Å². The summed E-state index contributed by atoms with van der Waals surface area (Å²) in [4.78, 5) is 69.9. The van der Waals surface area contributed by atoms with Crippen molar-refractivity contribution in [2.75, 3.05) is 0 Å². The zero-order chi connectivity index (χ0) is 32.6. The molecule has 1 saturated carbocycles. The number of amides is 4. The van der Waals surface area contributed by atoms with Crippen molar-refractivity contribution >= 4 is 35.0 Å². The number of phenols is 1. The highest BCUT2D eigenvalue weighted by molar-refractivity contribution is 6.31. The highest BCUT2D eigenvalue weighted by Crippen LogP contribution is 2.62. The molecule has 9 nitrogen and oxygen atoms in total. The number of ether oxygens (including phenoxy) is 1. The molecule has 47 heavy (non-hydrogen) atoms. The predicted molar refractivity (Wildman–Crippen MR) is 169 cm³/mol. The minimum Gasteiger partial charge on any atom is -0.508 e. The highest BCUT2D eigenvalue weighted by Gasteiger charge is 2.66. The van der Waals surface area contributed by atoms with Crippen LogP contribution in [0.3, 0.4) is 0 Å². The van der Waals surface area contributed by atoms with Gasteiger partial charge in [-0.2, -0.15) is 4.90 Å². The third-order valence-corrected chi connectivity index (χ3v) is 10.7. The zero-order valence-corrected chi connectivity index (χ0v) is 25.2. The lowest BCUT2D eigenvalue weighted by Crippen LogP contribution is -2.60. The first-order chi connectivity index (χ1) is 22.7. The van der Waals surface area contributed by atoms with E-state index in [-0.39, 0.29) is 30.2 Å². The van der Waals surface area contributed by atoms with E-state index in [1.165, 1.54) is 12.1 Å². The zero-order valence-electron chi connectivity index (χ0n) is 25.2. The fraction of sp³-hybridized carbons (Fsp3) is 0.237. The normalized spacial score (nSPS) is 29.4. The maximum atomic E-state index is 15.0. The Hall–Kier alpha value is -5.57. The van der Waals surface area contributed by atoms with Crippen molar-refractivity contribution in [3.05, 3.63) is 125 Å². The molecule has 3 aromatic rings. The van der Waals surface area contributed by atoms with Crippen molar-refractivity contribution in [3.8, 4) is 11.5 Å². The number of imide groups is 3. The second kappa shape index (κ2) is 10.5. The number of hydrogen-bond acceptors (Lipinski definition) is 7. The summed E-state index contributed by atoms with van der Waals surface area (Å²) in [5.74, 6) is -5.16. The van der Waals surface area contributed by atoms with Gasteiger partial charge in [0.25, 0.3) is 0 Å². The fourth-order valence-corrected chi connectivity index (χ4v) is 8.91. The first-order valence-corrected chi connectivity index (χ1v) is 15.7. The lowest BCUT2D eigenvalue weighted by atomic mass is 9.44. The van der Waals surface area contributed by atoms with Gasteiger partial charge in [0.1, 0.15) is 11.5 Å². The van der Waals surface area contributed by atoms with E-state index in [0.717, 1.165) is 5.57 Å². The van der Waals surface area contributed by atoms with Crippen molar-refractivity contribution in [3.63, 3.8) is 0 Å². The lowest BCUT2D eigenvalue weighted by Gasteiger charge is -2.56. The SMILES string of the molecule is NC(=O)N1C(=O)C2CC=C3C(CC4C(=O)C(c5ccccc5)=CC(=O)C4(c4ccccc4)C3C3=COc4ccc(O)cc4C3)C2C1=O. The highest BCUT2D eigenvalue weighted by atomic mass is 16.5. The quantitative estimate of drug-likeness (QED) is 0.318. The number of likely N-dealkylation sites (tertiary alicyclic amines) is 1. The van der Waals surface area contributed by atoms with Gasteiger partial charge in [-0.3, -0.25) is 19.2 Å². The van der Waals surface area contributed by atoms with Crippen LogP contribution < -0.4 is 10.5 Å². The molecule has 4 amide bonds. The summed E-state index contributed by atoms with van der Waals surface area (Å²) < 4.78 is 6.11. The van der Waals surface area contributed by atoms with E-state index in [9.17, 15) is 24.3 Å². The number of hydrogen-bond donors (Lipinski definition) is 2. The van der Waals surface area contributed by atoms with Crippen molar-refractivity contribution < 1.29 is 33.8 Å². The molecule has 5 aliphatic rings. The molecule has 234 valence electrons. The Bertz CT molecular complexity index is 2000. The van der Waals surface area contributed by atoms with Crippen LogP contribution in [0.15, 0.2) is 108 Å². The van der Waals surface area contributed by atoms with E-state index in [1.54, 1.807) is 30.5 Å². The summed E-state index contributed by atoms with van der Waals surface area (Å²) in [5, 5.41) is 10.3. The molecule has 6 atom stereocenters. The summed E-state index contributed by atoms with van der Waals surface area (Å²) in [5.41, 5.74) is 7.84. The number of benzene rings is 3. The maximum Gasteiger partial charge on any atom is 0.328 e. The van der Waals surface area contributed by atoms with E-state index < -0.39 is 52.8 Å². The topological polar surface area (TPSA) is 144 Å². The molecule has 0 spiro atoms. The summed E-state index contributed by atoms with van der Waals surface area (Å²) in [7, 11) is 0. The van der Waals surface area contributed by atoms with E-state index in [0.29, 0.717) is 44.9 Å². The minimum atomic E-state index is -1.40. The Labute approximate surface area is 270 Å². The van der Waals surface area contributed by atoms with Gasteiger partial charge in [-0.15, -0.1) is 0 Å². The molecule has 2 aliphatic heterocycles. The molecule has 6 unspecified atom stereocenters. The average molecular weight is 627 g/mol. The average Bonchev–Trinajstić information content (AvgIpc) is 3.35. The number of fused-ring (bicyclic) bond motifs is 5. The first-order valence-electron chi connectivity index (χ1n) is 15.7. The minimum absolute atomic E-state index is 0.0615. The summed E-state index contributed by atoms with van der Waals surface area (Å²) >= 11 is 0. The summed E-state index contributed by atoms with van der Waals surface area (Å²) in [6, 6.07) is 22.0. The fourth-order valence-electron chi connectivity index (χ4n) is 8.91. The number of aromatic hydroxyl groups is 1. The molecule has 3 N–H and O–H groups in total. The Kier molecular flexibility index (Phi) is 6.44. The molecule has 9 heteroatoms. The number of phenolic OH excluding ortho intramolecular Hbond substituents is 1. The number of nitrogens with two attached hydrogens (primary N) is 1. The van der Waals surface area contributed by atoms with Gasteiger partial charge in [-0.25, -0.2) is 4.79 Å². The second-order valence-electron chi connectivity index (χ2n) is 12.9. The molecular formula is C38H30N2O7. The Balaban J connectivity index is 1.38. The monoisotopic (exact) mass is 626 g/mol. The number of carbonyl (C=O) groups is 5. The van der Waals surface area contributed by atoms with Gasteiger partial charge in [0.05, 0.1) is 23.5 Å².